The maximum absolute atomic E-state index is 12.7. The monoisotopic (exact) mass is 260 g/mol. The van der Waals surface area contributed by atoms with Crippen LogP contribution in [0.3, 0.4) is 0 Å². The Labute approximate surface area is 100 Å². The Morgan fingerprint density at radius 1 is 1.44 bits per heavy atom. The van der Waals surface area contributed by atoms with Crippen molar-refractivity contribution < 1.29 is 18.0 Å². The Morgan fingerprint density at radius 3 is 2.39 bits per heavy atom. The van der Waals surface area contributed by atoms with Crippen molar-refractivity contribution >= 4 is 5.91 Å². The lowest BCUT2D eigenvalue weighted by Gasteiger charge is -2.15. The van der Waals surface area contributed by atoms with E-state index < -0.39 is 28.6 Å². The number of carbonyl (C=O) groups excluding carboxylic acids is 1. The Kier molecular flexibility index (Phi) is 2.53. The molecule has 1 amide bonds. The number of rotatable bonds is 2. The predicted octanol–water partition coefficient (Wildman–Crippen LogP) is 0.921. The summed E-state index contributed by atoms with van der Waals surface area (Å²) in [5.74, 6) is -0.751. The fourth-order valence-corrected chi connectivity index (χ4v) is 1.98. The first kappa shape index (κ1) is 12.7. The summed E-state index contributed by atoms with van der Waals surface area (Å²) in [6, 6.07) is 0.736. The summed E-state index contributed by atoms with van der Waals surface area (Å²) in [5.41, 5.74) is 2.24. The normalized spacial score (nSPS) is 17.6. The van der Waals surface area contributed by atoms with Crippen LogP contribution in [0.4, 0.5) is 13.2 Å². The van der Waals surface area contributed by atoms with Crippen LogP contribution in [0.5, 0.6) is 0 Å². The van der Waals surface area contributed by atoms with Crippen LogP contribution in [0.25, 0.3) is 0 Å². The molecule has 0 aliphatic heterocycles. The molecule has 0 unspecified atom stereocenters. The van der Waals surface area contributed by atoms with Gasteiger partial charge in [-0.1, -0.05) is 0 Å². The van der Waals surface area contributed by atoms with Gasteiger partial charge in [0, 0.05) is 18.8 Å². The highest BCUT2D eigenvalue weighted by Gasteiger charge is 2.52. The lowest BCUT2D eigenvalue weighted by Crippen LogP contribution is -2.36. The number of carbonyl (C=O) groups is 1. The zero-order valence-corrected chi connectivity index (χ0v) is 9.54. The molecule has 98 valence electrons. The number of pyridine rings is 1. The second kappa shape index (κ2) is 3.60. The molecule has 0 atom stereocenters. The maximum Gasteiger partial charge on any atom is 0.417 e. The standard InChI is InChI=1S/C11H11F3N2O2/c1-16-5-6(11(12,13)14)4-7(8(16)17)10(2-3-10)9(15)18/h4-5H,2-3H2,1H3,(H2,15,18). The molecule has 0 spiro atoms. The first-order valence-corrected chi connectivity index (χ1v) is 5.27. The van der Waals surface area contributed by atoms with Gasteiger partial charge in [-0.05, 0) is 18.9 Å². The predicted molar refractivity (Wildman–Crippen MR) is 56.8 cm³/mol. The summed E-state index contributed by atoms with van der Waals surface area (Å²) in [6.45, 7) is 0. The summed E-state index contributed by atoms with van der Waals surface area (Å²) in [4.78, 5) is 23.1. The number of primary amides is 1. The quantitative estimate of drug-likeness (QED) is 0.859. The minimum Gasteiger partial charge on any atom is -0.369 e. The summed E-state index contributed by atoms with van der Waals surface area (Å²) in [6.07, 6.45) is -3.21. The average molecular weight is 260 g/mol. The number of halogens is 3. The summed E-state index contributed by atoms with van der Waals surface area (Å²) < 4.78 is 38.8. The average Bonchev–Trinajstić information content (AvgIpc) is 3.01. The summed E-state index contributed by atoms with van der Waals surface area (Å²) in [7, 11) is 1.22. The zero-order chi connectivity index (χ0) is 13.7. The van der Waals surface area contributed by atoms with Gasteiger partial charge in [0.25, 0.3) is 5.56 Å². The highest BCUT2D eigenvalue weighted by atomic mass is 19.4. The minimum atomic E-state index is -4.56. The molecule has 1 heterocycles. The number of nitrogens with two attached hydrogens (primary N) is 1. The van der Waals surface area contributed by atoms with Crippen molar-refractivity contribution in [1.82, 2.24) is 4.57 Å². The molecule has 0 saturated heterocycles. The van der Waals surface area contributed by atoms with Crippen molar-refractivity contribution in [2.75, 3.05) is 0 Å². The third-order valence-electron chi connectivity index (χ3n) is 3.25. The van der Waals surface area contributed by atoms with E-state index in [2.05, 4.69) is 0 Å². The van der Waals surface area contributed by atoms with Gasteiger partial charge in [-0.25, -0.2) is 0 Å². The van der Waals surface area contributed by atoms with Crippen LogP contribution in [-0.4, -0.2) is 10.5 Å². The van der Waals surface area contributed by atoms with Crippen LogP contribution in [-0.2, 0) is 23.4 Å². The number of amides is 1. The third kappa shape index (κ3) is 1.79. The van der Waals surface area contributed by atoms with Crippen molar-refractivity contribution in [3.8, 4) is 0 Å². The molecule has 2 N–H and O–H groups in total. The van der Waals surface area contributed by atoms with Gasteiger partial charge in [0.15, 0.2) is 0 Å². The highest BCUT2D eigenvalue weighted by Crippen LogP contribution is 2.47. The topological polar surface area (TPSA) is 65.1 Å². The van der Waals surface area contributed by atoms with E-state index in [-0.39, 0.29) is 5.56 Å². The van der Waals surface area contributed by atoms with E-state index >= 15 is 0 Å². The van der Waals surface area contributed by atoms with Crippen molar-refractivity contribution in [2.45, 2.75) is 24.4 Å². The fraction of sp³-hybridized carbons (Fsp3) is 0.455. The van der Waals surface area contributed by atoms with E-state index in [1.165, 1.54) is 7.05 Å². The van der Waals surface area contributed by atoms with Gasteiger partial charge in [0.1, 0.15) is 0 Å². The van der Waals surface area contributed by atoms with E-state index in [4.69, 9.17) is 5.73 Å². The van der Waals surface area contributed by atoms with Crippen molar-refractivity contribution in [1.29, 1.82) is 0 Å². The molecule has 1 aromatic heterocycles. The van der Waals surface area contributed by atoms with E-state index in [1.54, 1.807) is 0 Å². The molecule has 1 aliphatic carbocycles. The van der Waals surface area contributed by atoms with Crippen LogP contribution in [0, 0.1) is 0 Å². The molecule has 18 heavy (non-hydrogen) atoms. The molecule has 7 heteroatoms. The van der Waals surface area contributed by atoms with Gasteiger partial charge in [-0.3, -0.25) is 9.59 Å². The van der Waals surface area contributed by atoms with Gasteiger partial charge in [0.05, 0.1) is 11.0 Å². The van der Waals surface area contributed by atoms with E-state index in [1.807, 2.05) is 0 Å². The number of nitrogens with zero attached hydrogens (tertiary/aromatic N) is 1. The third-order valence-corrected chi connectivity index (χ3v) is 3.25. The van der Waals surface area contributed by atoms with E-state index in [9.17, 15) is 22.8 Å². The first-order valence-electron chi connectivity index (χ1n) is 5.27. The number of aryl methyl sites for hydroxylation is 1. The Balaban J connectivity index is 2.65. The molecule has 1 aliphatic rings. The lowest BCUT2D eigenvalue weighted by molar-refractivity contribution is -0.138. The largest absolute Gasteiger partial charge is 0.417 e. The van der Waals surface area contributed by atoms with Crippen LogP contribution in [0.2, 0.25) is 0 Å². The van der Waals surface area contributed by atoms with Crippen LogP contribution in [0.1, 0.15) is 24.0 Å². The molecule has 0 bridgehead atoms. The van der Waals surface area contributed by atoms with Crippen molar-refractivity contribution in [2.24, 2.45) is 12.8 Å². The van der Waals surface area contributed by atoms with E-state index in [0.29, 0.717) is 19.0 Å². The van der Waals surface area contributed by atoms with Gasteiger partial charge in [0.2, 0.25) is 5.91 Å². The van der Waals surface area contributed by atoms with E-state index in [0.717, 1.165) is 10.6 Å². The van der Waals surface area contributed by atoms with Crippen LogP contribution < -0.4 is 11.3 Å². The second-order valence-corrected chi connectivity index (χ2v) is 4.50. The van der Waals surface area contributed by atoms with Crippen molar-refractivity contribution in [3.63, 3.8) is 0 Å². The second-order valence-electron chi connectivity index (χ2n) is 4.50. The maximum atomic E-state index is 12.7. The molecular weight excluding hydrogens is 249 g/mol. The molecule has 2 rings (SSSR count). The number of alkyl halides is 3. The summed E-state index contributed by atoms with van der Waals surface area (Å²) in [5, 5.41) is 0. The highest BCUT2D eigenvalue weighted by molar-refractivity contribution is 5.89. The smallest absolute Gasteiger partial charge is 0.369 e. The first-order chi connectivity index (χ1) is 8.18. The SMILES string of the molecule is Cn1cc(C(F)(F)F)cc(C2(C(N)=O)CC2)c1=O. The van der Waals surface area contributed by atoms with Crippen molar-refractivity contribution in [3.05, 3.63) is 33.7 Å². The van der Waals surface area contributed by atoms with Crippen LogP contribution in [0.15, 0.2) is 17.1 Å². The van der Waals surface area contributed by atoms with Crippen LogP contribution >= 0.6 is 0 Å². The molecular formula is C11H11F3N2O2. The number of hydrogen-bond donors (Lipinski definition) is 1. The lowest BCUT2D eigenvalue weighted by atomic mass is 9.95. The Hall–Kier alpha value is -1.79. The summed E-state index contributed by atoms with van der Waals surface area (Å²) >= 11 is 0. The molecule has 1 saturated carbocycles. The Morgan fingerprint density at radius 2 is 2.00 bits per heavy atom. The molecule has 0 aromatic carbocycles. The molecule has 4 nitrogen and oxygen atoms in total. The van der Waals surface area contributed by atoms with Gasteiger partial charge < -0.3 is 10.3 Å². The molecule has 1 aromatic rings. The number of hydrogen-bond acceptors (Lipinski definition) is 2. The minimum absolute atomic E-state index is 0.160. The fourth-order valence-electron chi connectivity index (χ4n) is 1.98. The van der Waals surface area contributed by atoms with Gasteiger partial charge >= 0.3 is 6.18 Å². The van der Waals surface area contributed by atoms with Gasteiger partial charge in [-0.2, -0.15) is 13.2 Å². The number of aromatic nitrogens is 1. The Bertz CT molecular complexity index is 571. The molecule has 1 fully saturated rings. The molecule has 0 radical (unpaired) electrons. The zero-order valence-electron chi connectivity index (χ0n) is 9.54. The van der Waals surface area contributed by atoms with Gasteiger partial charge in [-0.15, -0.1) is 0 Å².